The average molecular weight is 317 g/mol. The molecule has 0 aromatic heterocycles. The van der Waals surface area contributed by atoms with Crippen molar-refractivity contribution in [2.24, 2.45) is 0 Å². The van der Waals surface area contributed by atoms with Crippen molar-refractivity contribution in [1.29, 1.82) is 0 Å². The Kier molecular flexibility index (Phi) is 5.68. The lowest BCUT2D eigenvalue weighted by Gasteiger charge is -2.41. The fourth-order valence-electron chi connectivity index (χ4n) is 2.77. The number of unbranched alkanes of at least 4 members (excludes halogenated alkanes) is 1. The molecule has 1 aliphatic heterocycles. The van der Waals surface area contributed by atoms with Gasteiger partial charge in [-0.2, -0.15) is 4.31 Å². The number of piperazine rings is 1. The first-order valence-corrected chi connectivity index (χ1v) is 9.86. The van der Waals surface area contributed by atoms with E-state index in [0.29, 0.717) is 24.9 Å². The standard InChI is InChI=1S/C15H31N3O2S/c1-15(2,3)17-9-11-18(12-10-17)21(19,20)13-5-4-8-16-14-6-7-14/h14,16H,4-13H2,1-3H3. The van der Waals surface area contributed by atoms with Gasteiger partial charge in [-0.05, 0) is 53.0 Å². The van der Waals surface area contributed by atoms with E-state index in [1.165, 1.54) is 12.8 Å². The third-order valence-electron chi connectivity index (χ3n) is 4.42. The summed E-state index contributed by atoms with van der Waals surface area (Å²) in [6, 6.07) is 0.715. The van der Waals surface area contributed by atoms with Crippen LogP contribution in [-0.4, -0.2) is 67.7 Å². The molecule has 0 aromatic rings. The van der Waals surface area contributed by atoms with Crippen molar-refractivity contribution in [3.63, 3.8) is 0 Å². The van der Waals surface area contributed by atoms with Crippen LogP contribution >= 0.6 is 0 Å². The molecule has 0 atom stereocenters. The summed E-state index contributed by atoms with van der Waals surface area (Å²) >= 11 is 0. The van der Waals surface area contributed by atoms with E-state index in [9.17, 15) is 8.42 Å². The summed E-state index contributed by atoms with van der Waals surface area (Å²) in [5.41, 5.74) is 0.129. The van der Waals surface area contributed by atoms with Gasteiger partial charge in [-0.15, -0.1) is 0 Å². The van der Waals surface area contributed by atoms with Crippen LogP contribution in [0.1, 0.15) is 46.5 Å². The summed E-state index contributed by atoms with van der Waals surface area (Å²) in [5, 5.41) is 3.43. The Labute approximate surface area is 130 Å². The van der Waals surface area contributed by atoms with Crippen LogP contribution in [0.2, 0.25) is 0 Å². The van der Waals surface area contributed by atoms with Gasteiger partial charge in [0.05, 0.1) is 5.75 Å². The molecule has 0 bridgehead atoms. The van der Waals surface area contributed by atoms with Crippen LogP contribution in [0.5, 0.6) is 0 Å². The molecule has 0 amide bonds. The molecule has 5 nitrogen and oxygen atoms in total. The van der Waals surface area contributed by atoms with Crippen molar-refractivity contribution in [3.8, 4) is 0 Å². The van der Waals surface area contributed by atoms with Crippen molar-refractivity contribution < 1.29 is 8.42 Å². The predicted octanol–water partition coefficient (Wildman–Crippen LogP) is 1.26. The molecule has 0 radical (unpaired) electrons. The van der Waals surface area contributed by atoms with Crippen molar-refractivity contribution in [2.45, 2.75) is 58.0 Å². The molecule has 21 heavy (non-hydrogen) atoms. The minimum atomic E-state index is -3.06. The smallest absolute Gasteiger partial charge is 0.214 e. The topological polar surface area (TPSA) is 52.7 Å². The fraction of sp³-hybridized carbons (Fsp3) is 1.00. The number of hydrogen-bond donors (Lipinski definition) is 1. The molecule has 1 saturated carbocycles. The second-order valence-corrected chi connectivity index (χ2v) is 9.40. The normalized spacial score (nSPS) is 22.6. The Morgan fingerprint density at radius 3 is 2.19 bits per heavy atom. The van der Waals surface area contributed by atoms with Crippen LogP contribution in [0, 0.1) is 0 Å². The summed E-state index contributed by atoms with van der Waals surface area (Å²) in [4.78, 5) is 2.36. The monoisotopic (exact) mass is 317 g/mol. The summed E-state index contributed by atoms with van der Waals surface area (Å²) < 4.78 is 26.4. The van der Waals surface area contributed by atoms with Gasteiger partial charge in [-0.1, -0.05) is 0 Å². The molecule has 2 rings (SSSR count). The molecule has 0 spiro atoms. The van der Waals surface area contributed by atoms with Gasteiger partial charge in [0.25, 0.3) is 0 Å². The Bertz CT molecular complexity index is 419. The molecule has 1 heterocycles. The van der Waals surface area contributed by atoms with E-state index in [-0.39, 0.29) is 5.54 Å². The molecule has 1 N–H and O–H groups in total. The highest BCUT2D eigenvalue weighted by Crippen LogP contribution is 2.19. The van der Waals surface area contributed by atoms with E-state index < -0.39 is 10.0 Å². The van der Waals surface area contributed by atoms with Gasteiger partial charge in [0.1, 0.15) is 0 Å². The lowest BCUT2D eigenvalue weighted by molar-refractivity contribution is 0.0922. The third kappa shape index (κ3) is 5.51. The van der Waals surface area contributed by atoms with Gasteiger partial charge in [0.15, 0.2) is 0 Å². The summed E-state index contributed by atoms with van der Waals surface area (Å²) in [6.45, 7) is 10.5. The van der Waals surface area contributed by atoms with Gasteiger partial charge in [0.2, 0.25) is 10.0 Å². The minimum Gasteiger partial charge on any atom is -0.314 e. The zero-order valence-electron chi connectivity index (χ0n) is 13.8. The second kappa shape index (κ2) is 6.94. The predicted molar refractivity (Wildman–Crippen MR) is 86.9 cm³/mol. The number of nitrogens with zero attached hydrogens (tertiary/aromatic N) is 2. The first-order valence-electron chi connectivity index (χ1n) is 8.25. The molecule has 0 aromatic carbocycles. The summed E-state index contributed by atoms with van der Waals surface area (Å²) in [6.07, 6.45) is 4.30. The van der Waals surface area contributed by atoms with Gasteiger partial charge < -0.3 is 5.32 Å². The lowest BCUT2D eigenvalue weighted by atomic mass is 10.1. The zero-order valence-corrected chi connectivity index (χ0v) is 14.6. The van der Waals surface area contributed by atoms with E-state index in [4.69, 9.17) is 0 Å². The molecule has 2 aliphatic rings. The van der Waals surface area contributed by atoms with Gasteiger partial charge in [0, 0.05) is 37.8 Å². The minimum absolute atomic E-state index is 0.129. The van der Waals surface area contributed by atoms with Gasteiger partial charge >= 0.3 is 0 Å². The quantitative estimate of drug-likeness (QED) is 0.718. The molecule has 6 heteroatoms. The first-order chi connectivity index (χ1) is 9.79. The number of sulfonamides is 1. The highest BCUT2D eigenvalue weighted by atomic mass is 32.2. The van der Waals surface area contributed by atoms with Crippen molar-refractivity contribution in [2.75, 3.05) is 38.5 Å². The fourth-order valence-corrected chi connectivity index (χ4v) is 4.32. The highest BCUT2D eigenvalue weighted by Gasteiger charge is 2.30. The SMILES string of the molecule is CC(C)(C)N1CCN(S(=O)(=O)CCCCNC2CC2)CC1. The van der Waals surface area contributed by atoms with Gasteiger partial charge in [-0.3, -0.25) is 4.90 Å². The summed E-state index contributed by atoms with van der Waals surface area (Å²) in [5.74, 6) is 0.300. The Balaban J connectivity index is 1.67. The molecule has 2 fully saturated rings. The Hall–Kier alpha value is -0.170. The average Bonchev–Trinajstić information content (AvgIpc) is 3.21. The molecule has 124 valence electrons. The molecular formula is C15H31N3O2S. The van der Waals surface area contributed by atoms with Crippen LogP contribution in [-0.2, 0) is 10.0 Å². The third-order valence-corrected chi connectivity index (χ3v) is 6.38. The maximum atomic E-state index is 12.3. The maximum absolute atomic E-state index is 12.3. The molecular weight excluding hydrogens is 286 g/mol. The van der Waals surface area contributed by atoms with Crippen LogP contribution in [0.4, 0.5) is 0 Å². The van der Waals surface area contributed by atoms with E-state index >= 15 is 0 Å². The molecule has 0 unspecified atom stereocenters. The zero-order chi connectivity index (χ0) is 15.5. The van der Waals surface area contributed by atoms with Gasteiger partial charge in [-0.25, -0.2) is 8.42 Å². The van der Waals surface area contributed by atoms with Crippen LogP contribution in [0.15, 0.2) is 0 Å². The lowest BCUT2D eigenvalue weighted by Crippen LogP contribution is -2.54. The number of rotatable bonds is 7. The van der Waals surface area contributed by atoms with Crippen molar-refractivity contribution >= 4 is 10.0 Å². The summed E-state index contributed by atoms with van der Waals surface area (Å²) in [7, 11) is -3.06. The largest absolute Gasteiger partial charge is 0.314 e. The van der Waals surface area contributed by atoms with Crippen LogP contribution in [0.3, 0.4) is 0 Å². The van der Waals surface area contributed by atoms with Crippen LogP contribution < -0.4 is 5.32 Å². The van der Waals surface area contributed by atoms with Crippen molar-refractivity contribution in [1.82, 2.24) is 14.5 Å². The van der Waals surface area contributed by atoms with E-state index in [2.05, 4.69) is 31.0 Å². The molecule has 1 aliphatic carbocycles. The number of nitrogens with one attached hydrogen (secondary N) is 1. The van der Waals surface area contributed by atoms with Crippen molar-refractivity contribution in [3.05, 3.63) is 0 Å². The second-order valence-electron chi connectivity index (χ2n) is 7.31. The van der Waals surface area contributed by atoms with E-state index in [1.54, 1.807) is 4.31 Å². The van der Waals surface area contributed by atoms with E-state index in [1.807, 2.05) is 0 Å². The Morgan fingerprint density at radius 2 is 1.67 bits per heavy atom. The van der Waals surface area contributed by atoms with Crippen LogP contribution in [0.25, 0.3) is 0 Å². The van der Waals surface area contributed by atoms with E-state index in [0.717, 1.165) is 32.5 Å². The maximum Gasteiger partial charge on any atom is 0.214 e. The Morgan fingerprint density at radius 1 is 1.05 bits per heavy atom. The number of hydrogen-bond acceptors (Lipinski definition) is 4. The first kappa shape index (κ1) is 17.2. The molecule has 1 saturated heterocycles. The highest BCUT2D eigenvalue weighted by molar-refractivity contribution is 7.89.